The van der Waals surface area contributed by atoms with E-state index in [0.29, 0.717) is 0 Å². The molecule has 0 fully saturated rings. The second-order valence-corrected chi connectivity index (χ2v) is 5.99. The standard InChI is InChI=1S/C17H16O8/c1-6(18)3-7-4-8(19)12-15(22)11-9(20)5-10(24-2)14(21)13(11)16(23)17(12)25-7/h5,7-8,19,22-23H,3-4H2,1-2H3/t7-,8+/m1/s1. The summed E-state index contributed by atoms with van der Waals surface area (Å²) in [6.45, 7) is 1.35. The highest BCUT2D eigenvalue weighted by Gasteiger charge is 2.41. The van der Waals surface area contributed by atoms with E-state index >= 15 is 0 Å². The van der Waals surface area contributed by atoms with Gasteiger partial charge in [-0.2, -0.15) is 0 Å². The van der Waals surface area contributed by atoms with Crippen LogP contribution in [-0.4, -0.2) is 45.9 Å². The molecule has 0 saturated carbocycles. The monoisotopic (exact) mass is 348 g/mol. The molecular weight excluding hydrogens is 332 g/mol. The van der Waals surface area contributed by atoms with Crippen molar-refractivity contribution in [3.8, 4) is 17.2 Å². The molecule has 0 radical (unpaired) electrons. The number of allylic oxidation sites excluding steroid dienone is 2. The topological polar surface area (TPSA) is 130 Å². The van der Waals surface area contributed by atoms with E-state index in [9.17, 15) is 29.7 Å². The Bertz CT molecular complexity index is 836. The molecule has 0 unspecified atom stereocenters. The van der Waals surface area contributed by atoms with Gasteiger partial charge in [-0.15, -0.1) is 0 Å². The summed E-state index contributed by atoms with van der Waals surface area (Å²) in [6.07, 6.45) is -1.09. The first kappa shape index (κ1) is 17.0. The van der Waals surface area contributed by atoms with Crippen LogP contribution in [0.1, 0.15) is 52.1 Å². The predicted octanol–water partition coefficient (Wildman–Crippen LogP) is 1.17. The lowest BCUT2D eigenvalue weighted by molar-refractivity contribution is -0.119. The number of phenols is 2. The van der Waals surface area contributed by atoms with Gasteiger partial charge >= 0.3 is 0 Å². The Hall–Kier alpha value is -2.87. The molecule has 132 valence electrons. The first-order valence-electron chi connectivity index (χ1n) is 7.56. The molecule has 1 aromatic carbocycles. The van der Waals surface area contributed by atoms with Crippen LogP contribution in [0.25, 0.3) is 0 Å². The number of ketones is 3. The fourth-order valence-electron chi connectivity index (χ4n) is 3.17. The number of aliphatic hydroxyl groups is 1. The van der Waals surface area contributed by atoms with Crippen molar-refractivity contribution in [3.05, 3.63) is 28.5 Å². The van der Waals surface area contributed by atoms with Crippen LogP contribution in [0.3, 0.4) is 0 Å². The van der Waals surface area contributed by atoms with Crippen LogP contribution in [0.2, 0.25) is 0 Å². The average Bonchev–Trinajstić information content (AvgIpc) is 2.53. The van der Waals surface area contributed by atoms with Crippen molar-refractivity contribution in [2.45, 2.75) is 32.0 Å². The number of phenolic OH excluding ortho intramolecular Hbond substituents is 2. The normalized spacial score (nSPS) is 21.8. The molecular formula is C17H16O8. The number of aliphatic hydroxyl groups excluding tert-OH is 1. The van der Waals surface area contributed by atoms with E-state index in [0.717, 1.165) is 6.08 Å². The van der Waals surface area contributed by atoms with Crippen molar-refractivity contribution >= 4 is 17.3 Å². The van der Waals surface area contributed by atoms with E-state index in [1.807, 2.05) is 0 Å². The molecule has 25 heavy (non-hydrogen) atoms. The second kappa shape index (κ2) is 5.89. The molecule has 0 amide bonds. The van der Waals surface area contributed by atoms with Crippen molar-refractivity contribution in [2.75, 3.05) is 7.11 Å². The third-order valence-corrected chi connectivity index (χ3v) is 4.24. The molecule has 3 rings (SSSR count). The molecule has 0 spiro atoms. The van der Waals surface area contributed by atoms with Crippen molar-refractivity contribution in [1.82, 2.24) is 0 Å². The lowest BCUT2D eigenvalue weighted by atomic mass is 9.85. The Morgan fingerprint density at radius 2 is 1.96 bits per heavy atom. The number of hydrogen-bond acceptors (Lipinski definition) is 8. The van der Waals surface area contributed by atoms with Crippen LogP contribution in [0.5, 0.6) is 17.2 Å². The average molecular weight is 348 g/mol. The van der Waals surface area contributed by atoms with Gasteiger partial charge in [0.1, 0.15) is 17.6 Å². The number of fused-ring (bicyclic) bond motifs is 2. The summed E-state index contributed by atoms with van der Waals surface area (Å²) < 4.78 is 10.4. The van der Waals surface area contributed by atoms with Crippen LogP contribution in [0.15, 0.2) is 11.8 Å². The summed E-state index contributed by atoms with van der Waals surface area (Å²) in [7, 11) is 1.19. The summed E-state index contributed by atoms with van der Waals surface area (Å²) in [6, 6.07) is 0. The van der Waals surface area contributed by atoms with Crippen LogP contribution in [-0.2, 0) is 9.53 Å². The lowest BCUT2D eigenvalue weighted by Gasteiger charge is -2.32. The quantitative estimate of drug-likeness (QED) is 0.694. The van der Waals surface area contributed by atoms with Crippen LogP contribution in [0, 0.1) is 0 Å². The first-order valence-corrected chi connectivity index (χ1v) is 7.56. The summed E-state index contributed by atoms with van der Waals surface area (Å²) in [5.41, 5.74) is -1.03. The molecule has 2 aliphatic rings. The van der Waals surface area contributed by atoms with Crippen LogP contribution >= 0.6 is 0 Å². The van der Waals surface area contributed by atoms with Gasteiger partial charge in [-0.1, -0.05) is 0 Å². The van der Waals surface area contributed by atoms with Gasteiger partial charge in [0, 0.05) is 18.9 Å². The van der Waals surface area contributed by atoms with Gasteiger partial charge in [0.25, 0.3) is 0 Å². The molecule has 0 saturated heterocycles. The third kappa shape index (κ3) is 2.54. The van der Waals surface area contributed by atoms with Gasteiger partial charge in [0.2, 0.25) is 5.78 Å². The van der Waals surface area contributed by atoms with E-state index in [1.165, 1.54) is 14.0 Å². The zero-order valence-corrected chi connectivity index (χ0v) is 13.5. The minimum absolute atomic E-state index is 0.000333. The maximum atomic E-state index is 12.4. The number of benzene rings is 1. The maximum absolute atomic E-state index is 12.4. The number of hydrogen-bond donors (Lipinski definition) is 3. The molecule has 3 N–H and O–H groups in total. The maximum Gasteiger partial charge on any atom is 0.232 e. The van der Waals surface area contributed by atoms with E-state index in [4.69, 9.17) is 9.47 Å². The minimum Gasteiger partial charge on any atom is -0.507 e. The van der Waals surface area contributed by atoms with Gasteiger partial charge in [-0.3, -0.25) is 14.4 Å². The smallest absolute Gasteiger partial charge is 0.232 e. The molecule has 0 aromatic heterocycles. The summed E-state index contributed by atoms with van der Waals surface area (Å²) in [4.78, 5) is 35.9. The highest BCUT2D eigenvalue weighted by molar-refractivity contribution is 6.26. The number of Topliss-reactive ketones (excluding diaryl/α,β-unsaturated/α-hetero) is 2. The Labute approximate surface area is 142 Å². The van der Waals surface area contributed by atoms with Gasteiger partial charge < -0.3 is 24.8 Å². The van der Waals surface area contributed by atoms with Crippen molar-refractivity contribution in [1.29, 1.82) is 0 Å². The van der Waals surface area contributed by atoms with Crippen molar-refractivity contribution in [2.24, 2.45) is 0 Å². The van der Waals surface area contributed by atoms with Crippen molar-refractivity contribution < 1.29 is 39.2 Å². The van der Waals surface area contributed by atoms with Gasteiger partial charge in [-0.05, 0) is 6.92 Å². The Morgan fingerprint density at radius 1 is 1.28 bits per heavy atom. The summed E-state index contributed by atoms with van der Waals surface area (Å²) in [5, 5.41) is 31.2. The largest absolute Gasteiger partial charge is 0.507 e. The zero-order valence-electron chi connectivity index (χ0n) is 13.5. The molecule has 8 nitrogen and oxygen atoms in total. The highest BCUT2D eigenvalue weighted by atomic mass is 16.5. The van der Waals surface area contributed by atoms with Gasteiger partial charge in [-0.25, -0.2) is 0 Å². The SMILES string of the molecule is COC1=CC(=O)c2c(O)c3c(c(O)c2C1=O)O[C@H](CC(C)=O)C[C@@H]3O. The van der Waals surface area contributed by atoms with Crippen LogP contribution in [0.4, 0.5) is 0 Å². The second-order valence-electron chi connectivity index (χ2n) is 5.99. The van der Waals surface area contributed by atoms with E-state index < -0.39 is 46.4 Å². The minimum atomic E-state index is -1.26. The van der Waals surface area contributed by atoms with Crippen molar-refractivity contribution in [3.63, 3.8) is 0 Å². The molecule has 1 aromatic rings. The fourth-order valence-corrected chi connectivity index (χ4v) is 3.17. The van der Waals surface area contributed by atoms with E-state index in [1.54, 1.807) is 0 Å². The van der Waals surface area contributed by atoms with Gasteiger partial charge in [0.15, 0.2) is 23.0 Å². The fraction of sp³-hybridized carbons (Fsp3) is 0.353. The lowest BCUT2D eigenvalue weighted by Crippen LogP contribution is -2.29. The molecule has 2 atom stereocenters. The number of aromatic hydroxyl groups is 2. The van der Waals surface area contributed by atoms with Gasteiger partial charge in [0.05, 0.1) is 29.9 Å². The third-order valence-electron chi connectivity index (χ3n) is 4.24. The molecule has 0 bridgehead atoms. The highest BCUT2D eigenvalue weighted by Crippen LogP contribution is 2.51. The number of methoxy groups -OCH3 is 1. The number of ether oxygens (including phenoxy) is 2. The number of rotatable bonds is 3. The predicted molar refractivity (Wildman–Crippen MR) is 82.8 cm³/mol. The Balaban J connectivity index is 2.21. The molecule has 8 heteroatoms. The Kier molecular flexibility index (Phi) is 4.00. The summed E-state index contributed by atoms with van der Waals surface area (Å²) >= 11 is 0. The molecule has 1 heterocycles. The number of carbonyl (C=O) groups is 3. The number of carbonyl (C=O) groups excluding carboxylic acids is 3. The zero-order chi connectivity index (χ0) is 18.5. The Morgan fingerprint density at radius 3 is 2.56 bits per heavy atom. The van der Waals surface area contributed by atoms with E-state index in [2.05, 4.69) is 0 Å². The van der Waals surface area contributed by atoms with Crippen LogP contribution < -0.4 is 4.74 Å². The summed E-state index contributed by atoms with van der Waals surface area (Å²) in [5.74, 6) is -3.60. The first-order chi connectivity index (χ1) is 11.8. The molecule has 1 aliphatic heterocycles. The molecule has 1 aliphatic carbocycles. The van der Waals surface area contributed by atoms with E-state index in [-0.39, 0.29) is 35.7 Å².